The minimum absolute atomic E-state index is 0.0146. The van der Waals surface area contributed by atoms with Gasteiger partial charge < -0.3 is 14.6 Å². The molecule has 1 aromatic heterocycles. The van der Waals surface area contributed by atoms with E-state index in [1.807, 2.05) is 6.92 Å². The van der Waals surface area contributed by atoms with Crippen molar-refractivity contribution in [1.82, 2.24) is 15.5 Å². The molecule has 1 N–H and O–H groups in total. The predicted octanol–water partition coefficient (Wildman–Crippen LogP) is 2.35. The second kappa shape index (κ2) is 7.53. The highest BCUT2D eigenvalue weighted by atomic mass is 19.1. The lowest BCUT2D eigenvalue weighted by Crippen LogP contribution is -2.34. The molecule has 0 spiro atoms. The summed E-state index contributed by atoms with van der Waals surface area (Å²) in [7, 11) is 0. The van der Waals surface area contributed by atoms with Crippen LogP contribution in [0.15, 0.2) is 28.8 Å². The molecule has 1 aromatic carbocycles. The Balaban J connectivity index is 1.44. The summed E-state index contributed by atoms with van der Waals surface area (Å²) in [5, 5.41) is 6.81. The van der Waals surface area contributed by atoms with Crippen LogP contribution < -0.4 is 5.32 Å². The number of ether oxygens (including phenoxy) is 1. The molecule has 6 nitrogen and oxygen atoms in total. The average Bonchev–Trinajstić information content (AvgIpc) is 3.21. The molecule has 1 fully saturated rings. The Morgan fingerprint density at radius 3 is 2.88 bits per heavy atom. The molecule has 0 unspecified atom stereocenters. The summed E-state index contributed by atoms with van der Waals surface area (Å²) >= 11 is 0. The van der Waals surface area contributed by atoms with E-state index in [4.69, 9.17) is 9.26 Å². The lowest BCUT2D eigenvalue weighted by atomic mass is 10.0. The van der Waals surface area contributed by atoms with Crippen LogP contribution in [0.3, 0.4) is 0 Å². The van der Waals surface area contributed by atoms with Crippen molar-refractivity contribution in [3.63, 3.8) is 0 Å². The first-order chi connectivity index (χ1) is 11.6. The molecular weight excluding hydrogens is 313 g/mol. The van der Waals surface area contributed by atoms with E-state index >= 15 is 0 Å². The van der Waals surface area contributed by atoms with E-state index in [0.717, 1.165) is 6.42 Å². The molecule has 0 saturated carbocycles. The van der Waals surface area contributed by atoms with Crippen LogP contribution in [0.5, 0.6) is 0 Å². The summed E-state index contributed by atoms with van der Waals surface area (Å²) in [4.78, 5) is 16.3. The lowest BCUT2D eigenvalue weighted by Gasteiger charge is -2.13. The van der Waals surface area contributed by atoms with Gasteiger partial charge in [-0.1, -0.05) is 5.16 Å². The standard InChI is InChI=1S/C17H20FN3O3/c1-11-14(8-10-23-11)17(22)19-9-2-3-15-20-16(21-24-15)12-4-6-13(18)7-5-12/h4-7,11,14H,2-3,8-10H2,1H3,(H,19,22)/t11-,14+/m1/s1. The zero-order valence-corrected chi connectivity index (χ0v) is 13.5. The number of carbonyl (C=O) groups is 1. The maximum Gasteiger partial charge on any atom is 0.227 e. The first-order valence-electron chi connectivity index (χ1n) is 8.11. The van der Waals surface area contributed by atoms with Crippen molar-refractivity contribution in [2.75, 3.05) is 13.2 Å². The fraction of sp³-hybridized carbons (Fsp3) is 0.471. The number of hydrogen-bond acceptors (Lipinski definition) is 5. The minimum atomic E-state index is -0.305. The summed E-state index contributed by atoms with van der Waals surface area (Å²) in [5.74, 6) is 0.614. The molecule has 0 radical (unpaired) electrons. The normalized spacial score (nSPS) is 20.2. The Kier molecular flexibility index (Phi) is 5.20. The Labute approximate surface area is 139 Å². The van der Waals surface area contributed by atoms with Crippen molar-refractivity contribution in [3.8, 4) is 11.4 Å². The van der Waals surface area contributed by atoms with Crippen LogP contribution in [-0.2, 0) is 16.0 Å². The van der Waals surface area contributed by atoms with Gasteiger partial charge in [-0.2, -0.15) is 4.98 Å². The van der Waals surface area contributed by atoms with Gasteiger partial charge in [0.2, 0.25) is 17.6 Å². The Bertz CT molecular complexity index is 687. The summed E-state index contributed by atoms with van der Waals surface area (Å²) < 4.78 is 23.5. The zero-order chi connectivity index (χ0) is 16.9. The maximum absolute atomic E-state index is 12.9. The molecule has 1 amide bonds. The van der Waals surface area contributed by atoms with E-state index in [9.17, 15) is 9.18 Å². The Morgan fingerprint density at radius 2 is 2.17 bits per heavy atom. The molecule has 1 aliphatic rings. The summed E-state index contributed by atoms with van der Waals surface area (Å²) in [6.45, 7) is 3.12. The summed E-state index contributed by atoms with van der Waals surface area (Å²) in [6, 6.07) is 5.92. The van der Waals surface area contributed by atoms with Crippen molar-refractivity contribution >= 4 is 5.91 Å². The van der Waals surface area contributed by atoms with Crippen molar-refractivity contribution in [2.24, 2.45) is 5.92 Å². The number of nitrogens with zero attached hydrogens (tertiary/aromatic N) is 2. The minimum Gasteiger partial charge on any atom is -0.378 e. The zero-order valence-electron chi connectivity index (χ0n) is 13.5. The van der Waals surface area contributed by atoms with E-state index < -0.39 is 0 Å². The van der Waals surface area contributed by atoms with Gasteiger partial charge in [-0.15, -0.1) is 0 Å². The molecule has 1 aliphatic heterocycles. The van der Waals surface area contributed by atoms with Gasteiger partial charge in [0, 0.05) is 25.1 Å². The number of rotatable bonds is 6. The second-order valence-electron chi connectivity index (χ2n) is 5.88. The lowest BCUT2D eigenvalue weighted by molar-refractivity contribution is -0.126. The quantitative estimate of drug-likeness (QED) is 0.821. The highest BCUT2D eigenvalue weighted by Gasteiger charge is 2.30. The van der Waals surface area contributed by atoms with E-state index in [0.29, 0.717) is 43.3 Å². The molecule has 1 saturated heterocycles. The number of aromatic nitrogens is 2. The average molecular weight is 333 g/mol. The third-order valence-corrected chi connectivity index (χ3v) is 4.15. The van der Waals surface area contributed by atoms with Crippen LogP contribution in [0, 0.1) is 11.7 Å². The number of aryl methyl sites for hydroxylation is 1. The van der Waals surface area contributed by atoms with Crippen LogP contribution in [0.4, 0.5) is 4.39 Å². The smallest absolute Gasteiger partial charge is 0.227 e. The number of benzene rings is 1. The number of nitrogens with one attached hydrogen (secondary N) is 1. The van der Waals surface area contributed by atoms with E-state index in [2.05, 4.69) is 15.5 Å². The number of amides is 1. The second-order valence-corrected chi connectivity index (χ2v) is 5.88. The summed E-state index contributed by atoms with van der Waals surface area (Å²) in [5.41, 5.74) is 0.704. The number of hydrogen-bond donors (Lipinski definition) is 1. The molecule has 128 valence electrons. The summed E-state index contributed by atoms with van der Waals surface area (Å²) in [6.07, 6.45) is 2.04. The number of carbonyl (C=O) groups excluding carboxylic acids is 1. The van der Waals surface area contributed by atoms with Crippen molar-refractivity contribution in [3.05, 3.63) is 36.0 Å². The molecule has 3 rings (SSSR count). The topological polar surface area (TPSA) is 77.2 Å². The van der Waals surface area contributed by atoms with Crippen LogP contribution in [0.1, 0.15) is 25.7 Å². The van der Waals surface area contributed by atoms with Gasteiger partial charge in [-0.05, 0) is 44.0 Å². The van der Waals surface area contributed by atoms with E-state index in [1.54, 1.807) is 12.1 Å². The molecule has 2 heterocycles. The van der Waals surface area contributed by atoms with E-state index in [-0.39, 0.29) is 23.7 Å². The Morgan fingerprint density at radius 1 is 1.38 bits per heavy atom. The van der Waals surface area contributed by atoms with Gasteiger partial charge in [0.25, 0.3) is 0 Å². The molecule has 0 aliphatic carbocycles. The molecule has 2 aromatic rings. The molecule has 7 heteroatoms. The molecular formula is C17H20FN3O3. The first-order valence-corrected chi connectivity index (χ1v) is 8.11. The van der Waals surface area contributed by atoms with Gasteiger partial charge in [0.1, 0.15) is 5.82 Å². The predicted molar refractivity (Wildman–Crippen MR) is 84.5 cm³/mol. The van der Waals surface area contributed by atoms with Gasteiger partial charge in [-0.25, -0.2) is 4.39 Å². The fourth-order valence-corrected chi connectivity index (χ4v) is 2.73. The Hall–Kier alpha value is -2.28. The SMILES string of the molecule is C[C@H]1OCC[C@@H]1C(=O)NCCCc1nc(-c2ccc(F)cc2)no1. The third-order valence-electron chi connectivity index (χ3n) is 4.15. The van der Waals surface area contributed by atoms with Crippen LogP contribution in [0.2, 0.25) is 0 Å². The molecule has 24 heavy (non-hydrogen) atoms. The largest absolute Gasteiger partial charge is 0.378 e. The number of halogens is 1. The third kappa shape index (κ3) is 3.97. The van der Waals surface area contributed by atoms with Crippen molar-refractivity contribution in [2.45, 2.75) is 32.3 Å². The van der Waals surface area contributed by atoms with Crippen LogP contribution in [-0.4, -0.2) is 35.3 Å². The monoisotopic (exact) mass is 333 g/mol. The highest BCUT2D eigenvalue weighted by molar-refractivity contribution is 5.79. The van der Waals surface area contributed by atoms with Crippen LogP contribution >= 0.6 is 0 Å². The fourth-order valence-electron chi connectivity index (χ4n) is 2.73. The maximum atomic E-state index is 12.9. The van der Waals surface area contributed by atoms with Gasteiger partial charge in [0.15, 0.2) is 0 Å². The van der Waals surface area contributed by atoms with Gasteiger partial charge >= 0.3 is 0 Å². The molecule has 2 atom stereocenters. The van der Waals surface area contributed by atoms with Crippen LogP contribution in [0.25, 0.3) is 11.4 Å². The highest BCUT2D eigenvalue weighted by Crippen LogP contribution is 2.20. The first kappa shape index (κ1) is 16.6. The molecule has 0 bridgehead atoms. The van der Waals surface area contributed by atoms with E-state index in [1.165, 1.54) is 12.1 Å². The van der Waals surface area contributed by atoms with Gasteiger partial charge in [-0.3, -0.25) is 4.79 Å². The van der Waals surface area contributed by atoms with Crippen molar-refractivity contribution in [1.29, 1.82) is 0 Å². The van der Waals surface area contributed by atoms with Crippen molar-refractivity contribution < 1.29 is 18.4 Å². The van der Waals surface area contributed by atoms with Gasteiger partial charge in [0.05, 0.1) is 12.0 Å².